The van der Waals surface area contributed by atoms with Gasteiger partial charge in [-0.15, -0.1) is 0 Å². The molecule has 0 saturated carbocycles. The second kappa shape index (κ2) is 9.32. The average Bonchev–Trinajstić information content (AvgIpc) is 2.62. The molecular weight excluding hydrogens is 323 g/mol. The zero-order chi connectivity index (χ0) is 17.4. The molecule has 0 radical (unpaired) electrons. The molecular formula is C18H19BO4S. The van der Waals surface area contributed by atoms with E-state index in [4.69, 9.17) is 14.8 Å². The van der Waals surface area contributed by atoms with Gasteiger partial charge in [0.2, 0.25) is 0 Å². The van der Waals surface area contributed by atoms with Gasteiger partial charge in [-0.3, -0.25) is 4.79 Å². The average molecular weight is 342 g/mol. The third-order valence-electron chi connectivity index (χ3n) is 3.38. The summed E-state index contributed by atoms with van der Waals surface area (Å²) in [6.45, 7) is 4.23. The van der Waals surface area contributed by atoms with Gasteiger partial charge in [0.1, 0.15) is 5.75 Å². The largest absolute Gasteiger partial charge is 0.493 e. The van der Waals surface area contributed by atoms with Crippen LogP contribution < -0.4 is 10.2 Å². The van der Waals surface area contributed by atoms with Gasteiger partial charge in [-0.25, -0.2) is 0 Å². The summed E-state index contributed by atoms with van der Waals surface area (Å²) in [5, 5.41) is 18.0. The molecule has 0 fully saturated rings. The summed E-state index contributed by atoms with van der Waals surface area (Å²) in [5.74, 6) is 1.88. The van der Waals surface area contributed by atoms with Crippen molar-refractivity contribution in [1.29, 1.82) is 0 Å². The highest BCUT2D eigenvalue weighted by Crippen LogP contribution is 2.14. The summed E-state index contributed by atoms with van der Waals surface area (Å²) in [6.07, 6.45) is 1.78. The van der Waals surface area contributed by atoms with Gasteiger partial charge in [-0.2, -0.15) is 11.8 Å². The first-order chi connectivity index (χ1) is 11.6. The zero-order valence-corrected chi connectivity index (χ0v) is 14.0. The minimum Gasteiger partial charge on any atom is -0.493 e. The monoisotopic (exact) mass is 342 g/mol. The van der Waals surface area contributed by atoms with E-state index in [1.54, 1.807) is 30.3 Å². The minimum atomic E-state index is -1.51. The molecule has 2 rings (SSSR count). The Labute approximate surface area is 146 Å². The number of carbonyl (C=O) groups is 1. The highest BCUT2D eigenvalue weighted by molar-refractivity contribution is 8.00. The number of benzene rings is 2. The van der Waals surface area contributed by atoms with E-state index in [1.165, 1.54) is 11.8 Å². The standard InChI is InChI=1S/C18H19BO4S/c1-2-14-3-9-17(10-4-14)23-11-12-24-13-18(20)15-5-7-16(8-6-15)19(21)22/h2-10,21-22H,1,11-13H2. The van der Waals surface area contributed by atoms with Crippen molar-refractivity contribution < 1.29 is 19.6 Å². The normalized spacial score (nSPS) is 10.2. The van der Waals surface area contributed by atoms with Gasteiger partial charge in [0.25, 0.3) is 0 Å². The van der Waals surface area contributed by atoms with Crippen LogP contribution in [0.1, 0.15) is 15.9 Å². The molecule has 2 aromatic carbocycles. The summed E-state index contributed by atoms with van der Waals surface area (Å²) < 4.78 is 5.61. The molecule has 0 aliphatic carbocycles. The Bertz CT molecular complexity index is 668. The highest BCUT2D eigenvalue weighted by atomic mass is 32.2. The van der Waals surface area contributed by atoms with Gasteiger partial charge < -0.3 is 14.8 Å². The van der Waals surface area contributed by atoms with Crippen molar-refractivity contribution in [3.63, 3.8) is 0 Å². The smallest absolute Gasteiger partial charge is 0.488 e. The van der Waals surface area contributed by atoms with Gasteiger partial charge in [-0.05, 0) is 23.2 Å². The zero-order valence-electron chi connectivity index (χ0n) is 13.2. The van der Waals surface area contributed by atoms with Gasteiger partial charge in [0, 0.05) is 11.3 Å². The molecule has 0 aromatic heterocycles. The topological polar surface area (TPSA) is 66.8 Å². The van der Waals surface area contributed by atoms with Crippen LogP contribution in [-0.2, 0) is 0 Å². The number of hydrogen-bond donors (Lipinski definition) is 2. The van der Waals surface area contributed by atoms with Crippen molar-refractivity contribution in [2.75, 3.05) is 18.1 Å². The molecule has 0 aliphatic rings. The second-order valence-electron chi connectivity index (χ2n) is 5.09. The Hall–Kier alpha value is -2.02. The number of hydrogen-bond acceptors (Lipinski definition) is 5. The van der Waals surface area contributed by atoms with Crippen molar-refractivity contribution in [2.45, 2.75) is 0 Å². The molecule has 4 nitrogen and oxygen atoms in total. The van der Waals surface area contributed by atoms with Crippen LogP contribution in [0.4, 0.5) is 0 Å². The van der Waals surface area contributed by atoms with Gasteiger partial charge >= 0.3 is 7.12 Å². The predicted molar refractivity (Wildman–Crippen MR) is 100.0 cm³/mol. The first-order valence-corrected chi connectivity index (χ1v) is 8.68. The molecule has 124 valence electrons. The Morgan fingerprint density at radius 3 is 2.38 bits per heavy atom. The van der Waals surface area contributed by atoms with E-state index in [1.807, 2.05) is 24.3 Å². The van der Waals surface area contributed by atoms with Gasteiger partial charge in [0.15, 0.2) is 5.78 Å². The van der Waals surface area contributed by atoms with Crippen LogP contribution in [0.3, 0.4) is 0 Å². The fraction of sp³-hybridized carbons (Fsp3) is 0.167. The van der Waals surface area contributed by atoms with Crippen LogP contribution in [-0.4, -0.2) is 41.1 Å². The maximum atomic E-state index is 12.0. The Morgan fingerprint density at radius 2 is 1.79 bits per heavy atom. The summed E-state index contributed by atoms with van der Waals surface area (Å²) >= 11 is 1.50. The third kappa shape index (κ3) is 5.56. The summed E-state index contributed by atoms with van der Waals surface area (Å²) in [5.41, 5.74) is 1.98. The lowest BCUT2D eigenvalue weighted by Crippen LogP contribution is -2.29. The summed E-state index contributed by atoms with van der Waals surface area (Å²) in [7, 11) is -1.51. The molecule has 0 spiro atoms. The van der Waals surface area contributed by atoms with Crippen LogP contribution in [0, 0.1) is 0 Å². The fourth-order valence-electron chi connectivity index (χ4n) is 2.01. The number of ketones is 1. The van der Waals surface area contributed by atoms with E-state index >= 15 is 0 Å². The van der Waals surface area contributed by atoms with Crippen LogP contribution in [0.2, 0.25) is 0 Å². The minimum absolute atomic E-state index is 0.00863. The molecule has 2 aromatic rings. The van der Waals surface area contributed by atoms with Crippen molar-refractivity contribution in [3.8, 4) is 5.75 Å². The number of ether oxygens (including phenoxy) is 1. The SMILES string of the molecule is C=Cc1ccc(OCCSCC(=O)c2ccc(B(O)O)cc2)cc1. The quantitative estimate of drug-likeness (QED) is 0.415. The van der Waals surface area contributed by atoms with Crippen molar-refractivity contribution >= 4 is 36.2 Å². The van der Waals surface area contributed by atoms with Crippen molar-refractivity contribution in [1.82, 2.24) is 0 Å². The number of rotatable bonds is 9. The van der Waals surface area contributed by atoms with E-state index < -0.39 is 7.12 Å². The van der Waals surface area contributed by atoms with Crippen LogP contribution in [0.5, 0.6) is 5.75 Å². The molecule has 0 heterocycles. The van der Waals surface area contributed by atoms with E-state index in [9.17, 15) is 4.79 Å². The highest BCUT2D eigenvalue weighted by Gasteiger charge is 2.12. The number of Topliss-reactive ketones (excluding diaryl/α,β-unsaturated/α-hetero) is 1. The van der Waals surface area contributed by atoms with Crippen LogP contribution >= 0.6 is 11.8 Å². The molecule has 0 unspecified atom stereocenters. The molecule has 6 heteroatoms. The maximum absolute atomic E-state index is 12.0. The lowest BCUT2D eigenvalue weighted by molar-refractivity contribution is 0.102. The predicted octanol–water partition coefficient (Wildman–Crippen LogP) is 2.00. The van der Waals surface area contributed by atoms with E-state index in [0.29, 0.717) is 29.1 Å². The first kappa shape index (κ1) is 18.3. The summed E-state index contributed by atoms with van der Waals surface area (Å²) in [4.78, 5) is 12.0. The molecule has 2 N–H and O–H groups in total. The summed E-state index contributed by atoms with van der Waals surface area (Å²) in [6, 6.07) is 14.0. The van der Waals surface area contributed by atoms with E-state index in [0.717, 1.165) is 11.3 Å². The fourth-order valence-corrected chi connectivity index (χ4v) is 2.71. The Balaban J connectivity index is 1.69. The van der Waals surface area contributed by atoms with Crippen LogP contribution in [0.15, 0.2) is 55.1 Å². The molecule has 24 heavy (non-hydrogen) atoms. The molecule has 0 amide bonds. The Kier molecular flexibility index (Phi) is 7.12. The van der Waals surface area contributed by atoms with Crippen LogP contribution in [0.25, 0.3) is 6.08 Å². The molecule has 0 bridgehead atoms. The number of thioether (sulfide) groups is 1. The van der Waals surface area contributed by atoms with Gasteiger partial charge in [0.05, 0.1) is 12.4 Å². The second-order valence-corrected chi connectivity index (χ2v) is 6.20. The van der Waals surface area contributed by atoms with Crippen molar-refractivity contribution in [2.24, 2.45) is 0 Å². The lowest BCUT2D eigenvalue weighted by Gasteiger charge is -2.06. The van der Waals surface area contributed by atoms with E-state index in [-0.39, 0.29) is 5.78 Å². The molecule has 0 aliphatic heterocycles. The number of carbonyl (C=O) groups excluding carboxylic acids is 1. The third-order valence-corrected chi connectivity index (χ3v) is 4.30. The van der Waals surface area contributed by atoms with Gasteiger partial charge in [-0.1, -0.05) is 49.1 Å². The first-order valence-electron chi connectivity index (χ1n) is 7.52. The Morgan fingerprint density at radius 1 is 1.12 bits per heavy atom. The molecule has 0 atom stereocenters. The van der Waals surface area contributed by atoms with Crippen molar-refractivity contribution in [3.05, 3.63) is 66.2 Å². The van der Waals surface area contributed by atoms with E-state index in [2.05, 4.69) is 6.58 Å². The lowest BCUT2D eigenvalue weighted by atomic mass is 9.80. The molecule has 0 saturated heterocycles. The maximum Gasteiger partial charge on any atom is 0.488 e.